The molecule has 2 amide bonds. The summed E-state index contributed by atoms with van der Waals surface area (Å²) in [5.74, 6) is -0.732. The third-order valence-corrected chi connectivity index (χ3v) is 7.18. The van der Waals surface area contributed by atoms with E-state index in [1.165, 1.54) is 0 Å². The van der Waals surface area contributed by atoms with Gasteiger partial charge < -0.3 is 19.6 Å². The molecule has 0 fully saturated rings. The second-order valence-corrected chi connectivity index (χ2v) is 10.6. The lowest BCUT2D eigenvalue weighted by molar-refractivity contribution is -0.143. The SMILES string of the molecule is CC(=O)N(c1ccc(Cl)cc1)[C@@H]1C[C@H](C)N(C(=O)c2ccc(OCNC(C)(C)C(=O)O)cc2)c2ccccc21. The monoisotopic (exact) mass is 549 g/mol. The fraction of sp³-hybridized carbons (Fsp3) is 0.300. The number of benzene rings is 3. The van der Waals surface area contributed by atoms with Crippen LogP contribution < -0.4 is 19.9 Å². The Bertz CT molecular complexity index is 1360. The zero-order chi connectivity index (χ0) is 28.3. The number of carboxylic acid groups (broad SMARTS) is 1. The predicted molar refractivity (Wildman–Crippen MR) is 151 cm³/mol. The third-order valence-electron chi connectivity index (χ3n) is 6.92. The van der Waals surface area contributed by atoms with Crippen LogP contribution in [0.15, 0.2) is 72.8 Å². The lowest BCUT2D eigenvalue weighted by Gasteiger charge is -2.43. The average molecular weight is 550 g/mol. The van der Waals surface area contributed by atoms with Gasteiger partial charge in [-0.15, -0.1) is 0 Å². The number of halogens is 1. The van der Waals surface area contributed by atoms with Gasteiger partial charge in [0.15, 0.2) is 0 Å². The first-order chi connectivity index (χ1) is 18.5. The van der Waals surface area contributed by atoms with Crippen molar-refractivity contribution in [3.8, 4) is 5.75 Å². The molecule has 0 spiro atoms. The van der Waals surface area contributed by atoms with Crippen molar-refractivity contribution in [3.63, 3.8) is 0 Å². The molecule has 8 nitrogen and oxygen atoms in total. The Kier molecular flexibility index (Phi) is 8.28. The molecule has 0 unspecified atom stereocenters. The number of anilines is 2. The Morgan fingerprint density at radius 1 is 1.05 bits per heavy atom. The smallest absolute Gasteiger partial charge is 0.323 e. The molecule has 204 valence electrons. The van der Waals surface area contributed by atoms with Crippen molar-refractivity contribution in [1.29, 1.82) is 0 Å². The number of para-hydroxylation sites is 1. The van der Waals surface area contributed by atoms with Gasteiger partial charge in [-0.25, -0.2) is 0 Å². The topological polar surface area (TPSA) is 99.2 Å². The lowest BCUT2D eigenvalue weighted by atomic mass is 9.89. The van der Waals surface area contributed by atoms with Gasteiger partial charge in [-0.3, -0.25) is 19.7 Å². The number of fused-ring (bicyclic) bond motifs is 1. The van der Waals surface area contributed by atoms with Crippen LogP contribution in [0, 0.1) is 0 Å². The van der Waals surface area contributed by atoms with Gasteiger partial charge >= 0.3 is 5.97 Å². The van der Waals surface area contributed by atoms with Gasteiger partial charge in [0.25, 0.3) is 5.91 Å². The van der Waals surface area contributed by atoms with Crippen LogP contribution in [0.2, 0.25) is 5.02 Å². The molecule has 4 rings (SSSR count). The number of hydrogen-bond donors (Lipinski definition) is 2. The highest BCUT2D eigenvalue weighted by atomic mass is 35.5. The van der Waals surface area contributed by atoms with Crippen LogP contribution in [-0.2, 0) is 9.59 Å². The van der Waals surface area contributed by atoms with E-state index < -0.39 is 11.5 Å². The largest absolute Gasteiger partial charge is 0.480 e. The molecular weight excluding hydrogens is 518 g/mol. The Labute approximate surface area is 233 Å². The van der Waals surface area contributed by atoms with Crippen molar-refractivity contribution in [2.45, 2.75) is 51.7 Å². The Morgan fingerprint density at radius 3 is 2.31 bits per heavy atom. The summed E-state index contributed by atoms with van der Waals surface area (Å²) in [7, 11) is 0. The van der Waals surface area contributed by atoms with Crippen LogP contribution in [-0.4, -0.2) is 41.2 Å². The summed E-state index contributed by atoms with van der Waals surface area (Å²) in [5.41, 5.74) is 1.75. The standard InChI is InChI=1S/C30H32ClN3O5/c1-19-17-27(34(20(2)35)23-13-11-22(31)12-14-23)25-7-5-6-8-26(25)33(19)28(36)21-9-15-24(16-10-21)39-18-32-30(3,4)29(37)38/h5-16,19,27,32H,17-18H2,1-4H3,(H,37,38)/t19-,27+/m0/s1. The number of rotatable bonds is 8. The first-order valence-electron chi connectivity index (χ1n) is 12.7. The number of carboxylic acids is 1. The predicted octanol–water partition coefficient (Wildman–Crippen LogP) is 5.66. The maximum atomic E-state index is 13.7. The molecule has 0 aliphatic carbocycles. The molecule has 0 aromatic heterocycles. The summed E-state index contributed by atoms with van der Waals surface area (Å²) in [6, 6.07) is 21.2. The van der Waals surface area contributed by atoms with E-state index in [4.69, 9.17) is 16.3 Å². The summed E-state index contributed by atoms with van der Waals surface area (Å²) >= 11 is 6.08. The zero-order valence-corrected chi connectivity index (χ0v) is 23.1. The van der Waals surface area contributed by atoms with Crippen LogP contribution in [0.4, 0.5) is 11.4 Å². The molecule has 3 aromatic carbocycles. The molecule has 1 aliphatic heterocycles. The van der Waals surface area contributed by atoms with Gasteiger partial charge in [-0.05, 0) is 87.4 Å². The quantitative estimate of drug-likeness (QED) is 0.352. The summed E-state index contributed by atoms with van der Waals surface area (Å²) in [6.45, 7) is 6.63. The van der Waals surface area contributed by atoms with Crippen molar-refractivity contribution < 1.29 is 24.2 Å². The molecule has 0 saturated carbocycles. The molecule has 39 heavy (non-hydrogen) atoms. The van der Waals surface area contributed by atoms with Crippen molar-refractivity contribution in [2.24, 2.45) is 0 Å². The number of hydrogen-bond acceptors (Lipinski definition) is 5. The van der Waals surface area contributed by atoms with E-state index in [1.54, 1.807) is 67.0 Å². The zero-order valence-electron chi connectivity index (χ0n) is 22.3. The van der Waals surface area contributed by atoms with Gasteiger partial charge in [0.05, 0.1) is 6.04 Å². The number of nitrogens with zero attached hydrogens (tertiary/aromatic N) is 2. The molecule has 1 heterocycles. The Balaban J connectivity index is 1.57. The summed E-state index contributed by atoms with van der Waals surface area (Å²) in [5, 5.41) is 12.6. The normalized spacial score (nSPS) is 16.8. The average Bonchev–Trinajstić information content (AvgIpc) is 2.89. The second-order valence-electron chi connectivity index (χ2n) is 10.1. The van der Waals surface area contributed by atoms with Crippen LogP contribution in [0.3, 0.4) is 0 Å². The van der Waals surface area contributed by atoms with Crippen LogP contribution >= 0.6 is 11.6 Å². The molecular formula is C30H32ClN3O5. The highest BCUT2D eigenvalue weighted by Gasteiger charge is 2.38. The lowest BCUT2D eigenvalue weighted by Crippen LogP contribution is -2.48. The molecule has 2 N–H and O–H groups in total. The van der Waals surface area contributed by atoms with E-state index in [-0.39, 0.29) is 30.6 Å². The molecule has 3 aromatic rings. The van der Waals surface area contributed by atoms with Gasteiger partial charge in [-0.1, -0.05) is 29.8 Å². The number of amides is 2. The summed E-state index contributed by atoms with van der Waals surface area (Å²) in [4.78, 5) is 41.4. The third kappa shape index (κ3) is 6.08. The molecule has 2 atom stereocenters. The van der Waals surface area contributed by atoms with E-state index >= 15 is 0 Å². The van der Waals surface area contributed by atoms with E-state index in [1.807, 2.05) is 43.3 Å². The minimum atomic E-state index is -1.13. The maximum absolute atomic E-state index is 13.7. The van der Waals surface area contributed by atoms with Crippen LogP contribution in [0.1, 0.15) is 56.1 Å². The first kappa shape index (κ1) is 28.1. The van der Waals surface area contributed by atoms with E-state index in [0.717, 1.165) is 16.9 Å². The van der Waals surface area contributed by atoms with Crippen LogP contribution in [0.5, 0.6) is 5.75 Å². The molecule has 0 bridgehead atoms. The molecule has 9 heteroatoms. The highest BCUT2D eigenvalue weighted by Crippen LogP contribution is 2.43. The minimum Gasteiger partial charge on any atom is -0.480 e. The molecule has 1 aliphatic rings. The number of carbonyl (C=O) groups is 3. The van der Waals surface area contributed by atoms with Crippen molar-refractivity contribution >= 4 is 40.8 Å². The number of carbonyl (C=O) groups excluding carboxylic acids is 2. The Morgan fingerprint density at radius 2 is 1.69 bits per heavy atom. The Hall–Kier alpha value is -3.88. The fourth-order valence-electron chi connectivity index (χ4n) is 4.73. The maximum Gasteiger partial charge on any atom is 0.323 e. The summed E-state index contributed by atoms with van der Waals surface area (Å²) < 4.78 is 5.62. The number of nitrogens with one attached hydrogen (secondary N) is 1. The fourth-order valence-corrected chi connectivity index (χ4v) is 4.85. The van der Waals surface area contributed by atoms with E-state index in [2.05, 4.69) is 5.32 Å². The van der Waals surface area contributed by atoms with Gasteiger partial charge in [-0.2, -0.15) is 0 Å². The van der Waals surface area contributed by atoms with E-state index in [0.29, 0.717) is 22.8 Å². The second kappa shape index (κ2) is 11.5. The van der Waals surface area contributed by atoms with Gasteiger partial charge in [0.2, 0.25) is 5.91 Å². The van der Waals surface area contributed by atoms with Crippen LogP contribution in [0.25, 0.3) is 0 Å². The molecule has 0 radical (unpaired) electrons. The van der Waals surface area contributed by atoms with Gasteiger partial charge in [0, 0.05) is 34.9 Å². The molecule has 0 saturated heterocycles. The van der Waals surface area contributed by atoms with Crippen molar-refractivity contribution in [2.75, 3.05) is 16.5 Å². The van der Waals surface area contributed by atoms with Crippen molar-refractivity contribution in [3.05, 3.63) is 88.9 Å². The van der Waals surface area contributed by atoms with Gasteiger partial charge in [0.1, 0.15) is 18.0 Å². The van der Waals surface area contributed by atoms with E-state index in [9.17, 15) is 19.5 Å². The highest BCUT2D eigenvalue weighted by molar-refractivity contribution is 6.30. The first-order valence-corrected chi connectivity index (χ1v) is 13.1. The minimum absolute atomic E-state index is 0.00475. The summed E-state index contributed by atoms with van der Waals surface area (Å²) in [6.07, 6.45) is 0.553. The van der Waals surface area contributed by atoms with Crippen molar-refractivity contribution in [1.82, 2.24) is 5.32 Å². The number of aliphatic carboxylic acids is 1. The number of ether oxygens (including phenoxy) is 1.